The molecule has 2 aromatic carbocycles. The molecule has 1 amide bonds. The lowest BCUT2D eigenvalue weighted by atomic mass is 10.2. The molecule has 0 radical (unpaired) electrons. The molecule has 0 unspecified atom stereocenters. The van der Waals surface area contributed by atoms with E-state index in [1.54, 1.807) is 43.4 Å². The van der Waals surface area contributed by atoms with Crippen LogP contribution in [0, 0.1) is 6.92 Å². The number of methoxy groups -OCH3 is 1. The number of para-hydroxylation sites is 1. The van der Waals surface area contributed by atoms with Gasteiger partial charge in [-0.25, -0.2) is 4.79 Å². The van der Waals surface area contributed by atoms with Gasteiger partial charge in [0.15, 0.2) is 6.61 Å². The van der Waals surface area contributed by atoms with Gasteiger partial charge in [0.1, 0.15) is 5.75 Å². The van der Waals surface area contributed by atoms with Crippen molar-refractivity contribution in [2.24, 2.45) is 0 Å². The number of benzene rings is 2. The first kappa shape index (κ1) is 17.3. The van der Waals surface area contributed by atoms with Crippen molar-refractivity contribution >= 4 is 23.3 Å². The van der Waals surface area contributed by atoms with Crippen molar-refractivity contribution in [3.8, 4) is 5.75 Å². The number of anilines is 2. The molecule has 2 rings (SSSR count). The normalized spacial score (nSPS) is 9.96. The average molecular weight is 328 g/mol. The SMILES string of the molecule is CNc1ccccc1C(=O)OCC(=O)Nc1cc(C)ccc1OC. The van der Waals surface area contributed by atoms with Crippen LogP contribution in [0.4, 0.5) is 11.4 Å². The minimum absolute atomic E-state index is 0.376. The number of nitrogens with one attached hydrogen (secondary N) is 2. The average Bonchev–Trinajstić information content (AvgIpc) is 2.59. The lowest BCUT2D eigenvalue weighted by Crippen LogP contribution is -2.21. The molecule has 0 spiro atoms. The van der Waals surface area contributed by atoms with Gasteiger partial charge >= 0.3 is 5.97 Å². The predicted octanol–water partition coefficient (Wildman–Crippen LogP) is 2.84. The van der Waals surface area contributed by atoms with Crippen molar-refractivity contribution < 1.29 is 19.1 Å². The van der Waals surface area contributed by atoms with E-state index >= 15 is 0 Å². The van der Waals surface area contributed by atoms with Gasteiger partial charge in [-0.2, -0.15) is 0 Å². The predicted molar refractivity (Wildman–Crippen MR) is 92.6 cm³/mol. The van der Waals surface area contributed by atoms with Crippen LogP contribution in [0.15, 0.2) is 42.5 Å². The highest BCUT2D eigenvalue weighted by molar-refractivity contribution is 5.98. The first-order valence-corrected chi connectivity index (χ1v) is 7.43. The van der Waals surface area contributed by atoms with Gasteiger partial charge in [-0.15, -0.1) is 0 Å². The molecule has 0 saturated heterocycles. The molecule has 0 atom stereocenters. The van der Waals surface area contributed by atoms with Gasteiger partial charge in [0.2, 0.25) is 0 Å². The Balaban J connectivity index is 1.98. The number of carbonyl (C=O) groups is 2. The van der Waals surface area contributed by atoms with Crippen LogP contribution in [0.5, 0.6) is 5.75 Å². The van der Waals surface area contributed by atoms with Crippen LogP contribution >= 0.6 is 0 Å². The second-order valence-corrected chi connectivity index (χ2v) is 5.12. The third-order valence-corrected chi connectivity index (χ3v) is 3.38. The summed E-state index contributed by atoms with van der Waals surface area (Å²) in [5, 5.41) is 5.59. The zero-order valence-corrected chi connectivity index (χ0v) is 13.9. The van der Waals surface area contributed by atoms with E-state index in [0.717, 1.165) is 5.56 Å². The van der Waals surface area contributed by atoms with Crippen molar-refractivity contribution in [3.05, 3.63) is 53.6 Å². The Bertz CT molecular complexity index is 744. The van der Waals surface area contributed by atoms with Crippen LogP contribution in [0.2, 0.25) is 0 Å². The van der Waals surface area contributed by atoms with Gasteiger partial charge in [-0.1, -0.05) is 18.2 Å². The topological polar surface area (TPSA) is 76.7 Å². The molecule has 6 nitrogen and oxygen atoms in total. The number of hydrogen-bond acceptors (Lipinski definition) is 5. The van der Waals surface area contributed by atoms with Crippen molar-refractivity contribution in [1.29, 1.82) is 0 Å². The second kappa shape index (κ2) is 8.01. The molecular weight excluding hydrogens is 308 g/mol. The Labute approximate surface area is 140 Å². The number of aryl methyl sites for hydroxylation is 1. The third kappa shape index (κ3) is 4.25. The molecule has 24 heavy (non-hydrogen) atoms. The Morgan fingerprint density at radius 1 is 1.08 bits per heavy atom. The summed E-state index contributed by atoms with van der Waals surface area (Å²) in [5.74, 6) is -0.457. The van der Waals surface area contributed by atoms with E-state index in [-0.39, 0.29) is 6.61 Å². The van der Waals surface area contributed by atoms with Gasteiger partial charge in [0.05, 0.1) is 18.4 Å². The van der Waals surface area contributed by atoms with Crippen molar-refractivity contribution in [1.82, 2.24) is 0 Å². The number of rotatable bonds is 6. The fourth-order valence-corrected chi connectivity index (χ4v) is 2.19. The zero-order valence-electron chi connectivity index (χ0n) is 13.9. The molecule has 0 heterocycles. The van der Waals surface area contributed by atoms with E-state index in [9.17, 15) is 9.59 Å². The lowest BCUT2D eigenvalue weighted by Gasteiger charge is -2.12. The minimum Gasteiger partial charge on any atom is -0.495 e. The molecule has 0 aliphatic rings. The molecule has 0 fully saturated rings. The maximum atomic E-state index is 12.1. The third-order valence-electron chi connectivity index (χ3n) is 3.38. The standard InChI is InChI=1S/C18H20N2O4/c1-12-8-9-16(23-3)15(10-12)20-17(21)11-24-18(22)13-6-4-5-7-14(13)19-2/h4-10,19H,11H2,1-3H3,(H,20,21). The van der Waals surface area contributed by atoms with E-state index in [2.05, 4.69) is 10.6 Å². The molecule has 0 saturated carbocycles. The van der Waals surface area contributed by atoms with Crippen molar-refractivity contribution in [2.75, 3.05) is 31.4 Å². The van der Waals surface area contributed by atoms with Gasteiger partial charge < -0.3 is 20.1 Å². The number of carbonyl (C=O) groups excluding carboxylic acids is 2. The maximum absolute atomic E-state index is 12.1. The number of ether oxygens (including phenoxy) is 2. The van der Waals surface area contributed by atoms with E-state index in [4.69, 9.17) is 9.47 Å². The van der Waals surface area contributed by atoms with E-state index in [1.807, 2.05) is 13.0 Å². The summed E-state index contributed by atoms with van der Waals surface area (Å²) < 4.78 is 10.3. The molecular formula is C18H20N2O4. The molecule has 126 valence electrons. The Morgan fingerprint density at radius 3 is 2.54 bits per heavy atom. The second-order valence-electron chi connectivity index (χ2n) is 5.12. The van der Waals surface area contributed by atoms with Crippen LogP contribution in [0.1, 0.15) is 15.9 Å². The summed E-state index contributed by atoms with van der Waals surface area (Å²) in [6.07, 6.45) is 0. The fourth-order valence-electron chi connectivity index (χ4n) is 2.19. The van der Waals surface area contributed by atoms with Crippen molar-refractivity contribution in [3.63, 3.8) is 0 Å². The minimum atomic E-state index is -0.564. The highest BCUT2D eigenvalue weighted by Crippen LogP contribution is 2.25. The summed E-state index contributed by atoms with van der Waals surface area (Å²) in [7, 11) is 3.23. The summed E-state index contributed by atoms with van der Waals surface area (Å²) in [4.78, 5) is 24.1. The Morgan fingerprint density at radius 2 is 1.83 bits per heavy atom. The van der Waals surface area contributed by atoms with E-state index in [0.29, 0.717) is 22.7 Å². The molecule has 6 heteroatoms. The quantitative estimate of drug-likeness (QED) is 0.798. The highest BCUT2D eigenvalue weighted by atomic mass is 16.5. The molecule has 0 aromatic heterocycles. The first-order valence-electron chi connectivity index (χ1n) is 7.43. The van der Waals surface area contributed by atoms with Gasteiger partial charge in [-0.05, 0) is 36.8 Å². The largest absolute Gasteiger partial charge is 0.495 e. The van der Waals surface area contributed by atoms with Gasteiger partial charge in [-0.3, -0.25) is 4.79 Å². The van der Waals surface area contributed by atoms with Crippen LogP contribution < -0.4 is 15.4 Å². The maximum Gasteiger partial charge on any atom is 0.340 e. The molecule has 0 aliphatic carbocycles. The fraction of sp³-hybridized carbons (Fsp3) is 0.222. The molecule has 0 bridgehead atoms. The van der Waals surface area contributed by atoms with E-state index < -0.39 is 11.9 Å². The van der Waals surface area contributed by atoms with E-state index in [1.165, 1.54) is 7.11 Å². The Kier molecular flexibility index (Phi) is 5.78. The van der Waals surface area contributed by atoms with Crippen LogP contribution in [0.3, 0.4) is 0 Å². The summed E-state index contributed by atoms with van der Waals surface area (Å²) in [6.45, 7) is 1.53. The Hall–Kier alpha value is -3.02. The molecule has 2 aromatic rings. The van der Waals surface area contributed by atoms with Crippen LogP contribution in [-0.2, 0) is 9.53 Å². The number of amides is 1. The lowest BCUT2D eigenvalue weighted by molar-refractivity contribution is -0.119. The van der Waals surface area contributed by atoms with Crippen LogP contribution in [0.25, 0.3) is 0 Å². The summed E-state index contributed by atoms with van der Waals surface area (Å²) in [6, 6.07) is 12.4. The summed E-state index contributed by atoms with van der Waals surface area (Å²) >= 11 is 0. The number of esters is 1. The molecule has 2 N–H and O–H groups in total. The smallest absolute Gasteiger partial charge is 0.340 e. The summed E-state index contributed by atoms with van der Waals surface area (Å²) in [5.41, 5.74) is 2.53. The highest BCUT2D eigenvalue weighted by Gasteiger charge is 2.14. The van der Waals surface area contributed by atoms with Crippen molar-refractivity contribution in [2.45, 2.75) is 6.92 Å². The van der Waals surface area contributed by atoms with Gasteiger partial charge in [0, 0.05) is 12.7 Å². The van der Waals surface area contributed by atoms with Crippen LogP contribution in [-0.4, -0.2) is 32.6 Å². The zero-order chi connectivity index (χ0) is 17.5. The first-order chi connectivity index (χ1) is 11.5. The number of hydrogen-bond donors (Lipinski definition) is 2. The monoisotopic (exact) mass is 328 g/mol. The molecule has 0 aliphatic heterocycles. The van der Waals surface area contributed by atoms with Gasteiger partial charge in [0.25, 0.3) is 5.91 Å².